The Morgan fingerprint density at radius 2 is 2.11 bits per heavy atom. The molecule has 1 atom stereocenters. The van der Waals surface area contributed by atoms with Gasteiger partial charge in [0.1, 0.15) is 16.8 Å². The second kappa shape index (κ2) is 6.06. The lowest BCUT2D eigenvalue weighted by molar-refractivity contribution is 0.0820. The second-order valence-corrected chi connectivity index (χ2v) is 5.81. The molecule has 2 heterocycles. The molecule has 1 aliphatic heterocycles. The van der Waals surface area contributed by atoms with Crippen LogP contribution in [0.1, 0.15) is 44.5 Å². The molecule has 1 saturated heterocycles. The van der Waals surface area contributed by atoms with Crippen molar-refractivity contribution < 1.29 is 4.74 Å². The van der Waals surface area contributed by atoms with Crippen LogP contribution in [0, 0.1) is 6.92 Å². The summed E-state index contributed by atoms with van der Waals surface area (Å²) in [6.07, 6.45) is 1.24. The highest BCUT2D eigenvalue weighted by atomic mass is 35.5. The van der Waals surface area contributed by atoms with Crippen LogP contribution in [0.4, 0.5) is 5.82 Å². The number of nitrogens with zero attached hydrogens (tertiary/aromatic N) is 3. The van der Waals surface area contributed by atoms with E-state index in [9.17, 15) is 0 Å². The van der Waals surface area contributed by atoms with Crippen molar-refractivity contribution in [1.29, 1.82) is 0 Å². The van der Waals surface area contributed by atoms with Gasteiger partial charge in [-0.15, -0.1) is 0 Å². The lowest BCUT2D eigenvalue weighted by Gasteiger charge is -2.25. The molecule has 1 aromatic rings. The number of rotatable bonds is 2. The summed E-state index contributed by atoms with van der Waals surface area (Å²) >= 11 is 6.25. The van der Waals surface area contributed by atoms with Crippen molar-refractivity contribution in [2.24, 2.45) is 0 Å². The summed E-state index contributed by atoms with van der Waals surface area (Å²) in [5.41, 5.74) is 0.958. The van der Waals surface area contributed by atoms with Crippen molar-refractivity contribution in [2.75, 3.05) is 24.6 Å². The van der Waals surface area contributed by atoms with Crippen LogP contribution >= 0.6 is 11.6 Å². The molecule has 0 spiro atoms. The van der Waals surface area contributed by atoms with E-state index >= 15 is 0 Å². The monoisotopic (exact) mass is 283 g/mol. The fraction of sp³-hybridized carbons (Fsp3) is 0.714. The summed E-state index contributed by atoms with van der Waals surface area (Å²) in [6, 6.07) is 0. The molecule has 0 radical (unpaired) electrons. The molecule has 0 amide bonds. The van der Waals surface area contributed by atoms with Crippen molar-refractivity contribution in [3.8, 4) is 0 Å². The van der Waals surface area contributed by atoms with E-state index in [1.165, 1.54) is 0 Å². The van der Waals surface area contributed by atoms with Gasteiger partial charge in [0, 0.05) is 31.2 Å². The van der Waals surface area contributed by atoms with Crippen LogP contribution in [0.25, 0.3) is 0 Å². The number of hydrogen-bond donors (Lipinski definition) is 0. The maximum atomic E-state index is 6.25. The van der Waals surface area contributed by atoms with E-state index in [0.29, 0.717) is 5.15 Å². The van der Waals surface area contributed by atoms with E-state index in [1.54, 1.807) is 0 Å². The summed E-state index contributed by atoms with van der Waals surface area (Å²) in [5.74, 6) is 2.04. The number of ether oxygens (including phenoxy) is 1. The molecule has 106 valence electrons. The highest BCUT2D eigenvalue weighted by Crippen LogP contribution is 2.27. The van der Waals surface area contributed by atoms with Gasteiger partial charge in [0.25, 0.3) is 0 Å². The lowest BCUT2D eigenvalue weighted by atomic mass is 10.2. The Kier molecular flexibility index (Phi) is 4.63. The lowest BCUT2D eigenvalue weighted by Crippen LogP contribution is -2.32. The summed E-state index contributed by atoms with van der Waals surface area (Å²) in [6.45, 7) is 10.9. The number of aromatic nitrogens is 2. The minimum Gasteiger partial charge on any atom is -0.377 e. The molecule has 0 aliphatic carbocycles. The van der Waals surface area contributed by atoms with Gasteiger partial charge in [0.15, 0.2) is 0 Å². The van der Waals surface area contributed by atoms with Gasteiger partial charge in [-0.2, -0.15) is 0 Å². The maximum Gasteiger partial charge on any atom is 0.137 e. The van der Waals surface area contributed by atoms with Crippen LogP contribution in [0.15, 0.2) is 0 Å². The first-order chi connectivity index (χ1) is 8.99. The van der Waals surface area contributed by atoms with Crippen LogP contribution in [0.3, 0.4) is 0 Å². The van der Waals surface area contributed by atoms with Gasteiger partial charge in [-0.25, -0.2) is 9.97 Å². The van der Waals surface area contributed by atoms with Gasteiger partial charge in [-0.05, 0) is 20.3 Å². The molecule has 0 aromatic carbocycles. The summed E-state index contributed by atoms with van der Waals surface area (Å²) in [5, 5.41) is 0.562. The Hall–Kier alpha value is -0.870. The largest absolute Gasteiger partial charge is 0.377 e. The molecular weight excluding hydrogens is 262 g/mol. The smallest absolute Gasteiger partial charge is 0.137 e. The Labute approximate surface area is 120 Å². The van der Waals surface area contributed by atoms with Crippen molar-refractivity contribution >= 4 is 17.4 Å². The average molecular weight is 284 g/mol. The fourth-order valence-corrected chi connectivity index (χ4v) is 2.42. The number of halogens is 1. The molecule has 0 saturated carbocycles. The third kappa shape index (κ3) is 3.37. The van der Waals surface area contributed by atoms with Gasteiger partial charge in [0.05, 0.1) is 6.10 Å². The summed E-state index contributed by atoms with van der Waals surface area (Å²) in [7, 11) is 0. The van der Waals surface area contributed by atoms with Crippen LogP contribution in [0.2, 0.25) is 5.15 Å². The van der Waals surface area contributed by atoms with Crippen LogP contribution in [-0.4, -0.2) is 35.8 Å². The van der Waals surface area contributed by atoms with Gasteiger partial charge >= 0.3 is 0 Å². The fourth-order valence-electron chi connectivity index (χ4n) is 2.25. The predicted molar refractivity (Wildman–Crippen MR) is 78.1 cm³/mol. The Balaban J connectivity index is 2.36. The van der Waals surface area contributed by atoms with Crippen LogP contribution < -0.4 is 4.90 Å². The summed E-state index contributed by atoms with van der Waals surface area (Å²) in [4.78, 5) is 11.3. The van der Waals surface area contributed by atoms with Crippen LogP contribution in [-0.2, 0) is 4.74 Å². The van der Waals surface area contributed by atoms with Crippen molar-refractivity contribution in [3.63, 3.8) is 0 Å². The van der Waals surface area contributed by atoms with E-state index in [-0.39, 0.29) is 12.0 Å². The molecule has 19 heavy (non-hydrogen) atoms. The van der Waals surface area contributed by atoms with Crippen molar-refractivity contribution in [1.82, 2.24) is 9.97 Å². The van der Waals surface area contributed by atoms with E-state index in [2.05, 4.69) is 30.7 Å². The molecule has 4 nitrogen and oxygen atoms in total. The number of hydrogen-bond acceptors (Lipinski definition) is 4. The van der Waals surface area contributed by atoms with Gasteiger partial charge in [-0.1, -0.05) is 25.4 Å². The SMILES string of the molecule is Cc1c(Cl)nc(C(C)C)nc1N1CCCOC(C)C1. The quantitative estimate of drug-likeness (QED) is 0.782. The Morgan fingerprint density at radius 3 is 2.79 bits per heavy atom. The topological polar surface area (TPSA) is 38.2 Å². The third-order valence-corrected chi connectivity index (χ3v) is 3.71. The minimum absolute atomic E-state index is 0.221. The molecular formula is C14H22ClN3O. The van der Waals surface area contributed by atoms with Crippen molar-refractivity contribution in [2.45, 2.75) is 46.1 Å². The van der Waals surface area contributed by atoms with Gasteiger partial charge in [-0.3, -0.25) is 0 Å². The molecule has 5 heteroatoms. The first-order valence-electron chi connectivity index (χ1n) is 6.89. The standard InChI is InChI=1S/C14H22ClN3O/c1-9(2)13-16-12(15)11(4)14(17-13)18-6-5-7-19-10(3)8-18/h9-10H,5-8H2,1-4H3. The predicted octanol–water partition coefficient (Wildman–Crippen LogP) is 3.18. The normalized spacial score (nSPS) is 20.7. The van der Waals surface area contributed by atoms with Crippen LogP contribution in [0.5, 0.6) is 0 Å². The second-order valence-electron chi connectivity index (χ2n) is 5.46. The molecule has 2 rings (SSSR count). The molecule has 0 N–H and O–H groups in total. The molecule has 1 fully saturated rings. The van der Waals surface area contributed by atoms with E-state index < -0.39 is 0 Å². The first kappa shape index (κ1) is 14.5. The average Bonchev–Trinajstić information content (AvgIpc) is 2.57. The molecule has 1 aliphatic rings. The first-order valence-corrected chi connectivity index (χ1v) is 7.27. The number of anilines is 1. The van der Waals surface area contributed by atoms with E-state index in [4.69, 9.17) is 21.3 Å². The maximum absolute atomic E-state index is 6.25. The molecule has 1 unspecified atom stereocenters. The van der Waals surface area contributed by atoms with Gasteiger partial charge in [0.2, 0.25) is 0 Å². The van der Waals surface area contributed by atoms with Gasteiger partial charge < -0.3 is 9.64 Å². The zero-order valence-corrected chi connectivity index (χ0v) is 12.9. The zero-order chi connectivity index (χ0) is 14.0. The summed E-state index contributed by atoms with van der Waals surface area (Å²) < 4.78 is 5.68. The van der Waals surface area contributed by atoms with Crippen molar-refractivity contribution in [3.05, 3.63) is 16.5 Å². The Morgan fingerprint density at radius 1 is 1.37 bits per heavy atom. The Bertz CT molecular complexity index is 451. The highest BCUT2D eigenvalue weighted by Gasteiger charge is 2.21. The highest BCUT2D eigenvalue weighted by molar-refractivity contribution is 6.30. The van der Waals surface area contributed by atoms with E-state index in [1.807, 2.05) is 6.92 Å². The third-order valence-electron chi connectivity index (χ3n) is 3.35. The zero-order valence-electron chi connectivity index (χ0n) is 12.1. The molecule has 0 bridgehead atoms. The molecule has 1 aromatic heterocycles. The minimum atomic E-state index is 0.221. The van der Waals surface area contributed by atoms with E-state index in [0.717, 1.165) is 43.3 Å².